The van der Waals surface area contributed by atoms with Crippen molar-refractivity contribution in [2.45, 2.75) is 20.8 Å². The molecule has 0 spiro atoms. The molecule has 0 aliphatic rings. The molecule has 2 aromatic heterocycles. The molecule has 0 aliphatic heterocycles. The first kappa shape index (κ1) is 21.1. The number of benzene rings is 1. The number of ether oxygens (including phenoxy) is 1. The first-order valence-electron chi connectivity index (χ1n) is 9.68. The van der Waals surface area contributed by atoms with Crippen LogP contribution in [0.4, 0.5) is 0 Å². The van der Waals surface area contributed by atoms with Crippen molar-refractivity contribution in [1.82, 2.24) is 25.0 Å². The van der Waals surface area contributed by atoms with E-state index in [4.69, 9.17) is 16.3 Å². The van der Waals surface area contributed by atoms with Gasteiger partial charge in [-0.3, -0.25) is 4.79 Å². The number of amides is 1. The summed E-state index contributed by atoms with van der Waals surface area (Å²) in [5.41, 5.74) is 2.47. The number of likely N-dealkylation sites (N-methyl/N-ethyl adjacent to an activating group) is 1. The summed E-state index contributed by atoms with van der Waals surface area (Å²) in [6, 6.07) is 7.53. The number of hydrogen-bond donors (Lipinski definition) is 1. The third-order valence-electron chi connectivity index (χ3n) is 4.96. The van der Waals surface area contributed by atoms with E-state index < -0.39 is 0 Å². The molecule has 1 aromatic carbocycles. The first-order chi connectivity index (χ1) is 14.0. The van der Waals surface area contributed by atoms with E-state index in [2.05, 4.69) is 34.1 Å². The van der Waals surface area contributed by atoms with Crippen LogP contribution in [0, 0.1) is 6.92 Å². The van der Waals surface area contributed by atoms with Gasteiger partial charge in [0.2, 0.25) is 0 Å². The lowest BCUT2D eigenvalue weighted by atomic mass is 10.2. The summed E-state index contributed by atoms with van der Waals surface area (Å²) in [4.78, 5) is 19.4. The Morgan fingerprint density at radius 1 is 1.31 bits per heavy atom. The number of nitrogens with zero attached hydrogens (tertiary/aromatic N) is 4. The zero-order valence-corrected chi connectivity index (χ0v) is 18.0. The number of pyridine rings is 1. The van der Waals surface area contributed by atoms with E-state index >= 15 is 0 Å². The molecule has 0 saturated heterocycles. The van der Waals surface area contributed by atoms with Gasteiger partial charge >= 0.3 is 0 Å². The Bertz CT molecular complexity index is 1010. The van der Waals surface area contributed by atoms with E-state index in [0.717, 1.165) is 31.1 Å². The molecule has 0 atom stereocenters. The topological polar surface area (TPSA) is 72.3 Å². The second-order valence-corrected chi connectivity index (χ2v) is 7.04. The number of methoxy groups -OCH3 is 1. The van der Waals surface area contributed by atoms with Gasteiger partial charge in [-0.2, -0.15) is 5.10 Å². The van der Waals surface area contributed by atoms with Gasteiger partial charge in [-0.15, -0.1) is 0 Å². The van der Waals surface area contributed by atoms with Gasteiger partial charge in [0.05, 0.1) is 34.5 Å². The van der Waals surface area contributed by atoms with E-state index in [-0.39, 0.29) is 5.91 Å². The van der Waals surface area contributed by atoms with Crippen molar-refractivity contribution in [3.63, 3.8) is 0 Å². The largest absolute Gasteiger partial charge is 0.497 e. The smallest absolute Gasteiger partial charge is 0.254 e. The highest BCUT2D eigenvalue weighted by Crippen LogP contribution is 2.30. The summed E-state index contributed by atoms with van der Waals surface area (Å²) < 4.78 is 7.01. The van der Waals surface area contributed by atoms with Gasteiger partial charge in [-0.05, 0) is 32.1 Å². The number of rotatable bonds is 8. The highest BCUT2D eigenvalue weighted by Gasteiger charge is 2.20. The molecule has 0 unspecified atom stereocenters. The maximum Gasteiger partial charge on any atom is 0.254 e. The molecule has 0 radical (unpaired) electrons. The molecule has 154 valence electrons. The molecule has 0 saturated carbocycles. The Kier molecular flexibility index (Phi) is 6.71. The maximum absolute atomic E-state index is 12.6. The number of nitrogens with one attached hydrogen (secondary N) is 1. The van der Waals surface area contributed by atoms with Crippen molar-refractivity contribution in [2.75, 3.05) is 33.3 Å². The van der Waals surface area contributed by atoms with E-state index in [0.29, 0.717) is 33.9 Å². The van der Waals surface area contributed by atoms with Crippen LogP contribution in [0.5, 0.6) is 5.75 Å². The Balaban J connectivity index is 1.90. The molecule has 0 fully saturated rings. The second kappa shape index (κ2) is 9.24. The number of aryl methyl sites for hydroxylation is 1. The quantitative estimate of drug-likeness (QED) is 0.610. The molecular weight excluding hydrogens is 390 g/mol. The van der Waals surface area contributed by atoms with Gasteiger partial charge in [0, 0.05) is 25.4 Å². The molecule has 8 heteroatoms. The lowest BCUT2D eigenvalue weighted by Crippen LogP contribution is -2.34. The monoisotopic (exact) mass is 415 g/mol. The minimum atomic E-state index is -0.231. The standard InChI is InChI=1S/C21H26ClN5O2/c1-5-26(6-2)11-10-23-21(28)17-13-24-20-18(19(17)22)14(3)25-27(20)15-8-7-9-16(12-15)29-4/h7-9,12-13H,5-6,10-11H2,1-4H3,(H,23,28). The first-order valence-corrected chi connectivity index (χ1v) is 10.1. The van der Waals surface area contributed by atoms with Crippen LogP contribution in [-0.2, 0) is 0 Å². The molecule has 0 bridgehead atoms. The Morgan fingerprint density at radius 3 is 2.76 bits per heavy atom. The van der Waals surface area contributed by atoms with Crippen LogP contribution < -0.4 is 10.1 Å². The van der Waals surface area contributed by atoms with Crippen molar-refractivity contribution >= 4 is 28.5 Å². The second-order valence-electron chi connectivity index (χ2n) is 6.67. The van der Waals surface area contributed by atoms with E-state index in [1.54, 1.807) is 11.8 Å². The van der Waals surface area contributed by atoms with Crippen molar-refractivity contribution < 1.29 is 9.53 Å². The zero-order valence-electron chi connectivity index (χ0n) is 17.2. The third-order valence-corrected chi connectivity index (χ3v) is 5.35. The molecule has 1 amide bonds. The number of aromatic nitrogens is 3. The molecule has 3 rings (SSSR count). The predicted octanol–water partition coefficient (Wildman–Crippen LogP) is 3.46. The summed E-state index contributed by atoms with van der Waals surface area (Å²) in [6.45, 7) is 9.29. The summed E-state index contributed by atoms with van der Waals surface area (Å²) in [5.74, 6) is 0.490. The minimum absolute atomic E-state index is 0.231. The van der Waals surface area contributed by atoms with Gasteiger partial charge in [-0.1, -0.05) is 31.5 Å². The molecule has 0 aliphatic carbocycles. The predicted molar refractivity (Wildman–Crippen MR) is 115 cm³/mol. The fraction of sp³-hybridized carbons (Fsp3) is 0.381. The van der Waals surface area contributed by atoms with Crippen LogP contribution in [-0.4, -0.2) is 58.9 Å². The number of fused-ring (bicyclic) bond motifs is 1. The van der Waals surface area contributed by atoms with Crippen LogP contribution in [0.3, 0.4) is 0 Å². The summed E-state index contributed by atoms with van der Waals surface area (Å²) in [6.07, 6.45) is 1.51. The average molecular weight is 416 g/mol. The SMILES string of the molecule is CCN(CC)CCNC(=O)c1cnc2c(c(C)nn2-c2cccc(OC)c2)c1Cl. The Morgan fingerprint density at radius 2 is 2.07 bits per heavy atom. The van der Waals surface area contributed by atoms with E-state index in [1.165, 1.54) is 6.20 Å². The van der Waals surface area contributed by atoms with E-state index in [1.807, 2.05) is 31.2 Å². The number of carbonyl (C=O) groups excluding carboxylic acids is 1. The van der Waals surface area contributed by atoms with Crippen molar-refractivity contribution in [2.24, 2.45) is 0 Å². The summed E-state index contributed by atoms with van der Waals surface area (Å²) in [7, 11) is 1.62. The summed E-state index contributed by atoms with van der Waals surface area (Å²) >= 11 is 6.61. The Hall–Kier alpha value is -2.64. The van der Waals surface area contributed by atoms with Crippen molar-refractivity contribution in [1.29, 1.82) is 0 Å². The normalized spacial score (nSPS) is 11.2. The Labute approximate surface area is 175 Å². The minimum Gasteiger partial charge on any atom is -0.497 e. The fourth-order valence-electron chi connectivity index (χ4n) is 3.25. The lowest BCUT2D eigenvalue weighted by molar-refractivity contribution is 0.0949. The molecule has 3 aromatic rings. The number of halogens is 1. The van der Waals surface area contributed by atoms with Crippen LogP contribution in [0.25, 0.3) is 16.7 Å². The van der Waals surface area contributed by atoms with Gasteiger partial charge in [0.15, 0.2) is 5.65 Å². The molecular formula is C21H26ClN5O2. The summed E-state index contributed by atoms with van der Waals surface area (Å²) in [5, 5.41) is 8.54. The van der Waals surface area contributed by atoms with Gasteiger partial charge in [-0.25, -0.2) is 9.67 Å². The van der Waals surface area contributed by atoms with Gasteiger partial charge in [0.1, 0.15) is 5.75 Å². The van der Waals surface area contributed by atoms with Gasteiger partial charge < -0.3 is 15.0 Å². The third kappa shape index (κ3) is 4.36. The van der Waals surface area contributed by atoms with Crippen molar-refractivity contribution in [3.05, 3.63) is 46.7 Å². The molecule has 7 nitrogen and oxygen atoms in total. The van der Waals surface area contributed by atoms with Crippen LogP contribution in [0.2, 0.25) is 5.02 Å². The molecule has 2 heterocycles. The highest BCUT2D eigenvalue weighted by atomic mass is 35.5. The zero-order chi connectivity index (χ0) is 21.0. The van der Waals surface area contributed by atoms with E-state index in [9.17, 15) is 4.79 Å². The lowest BCUT2D eigenvalue weighted by Gasteiger charge is -2.18. The fourth-order valence-corrected chi connectivity index (χ4v) is 3.61. The van der Waals surface area contributed by atoms with Crippen LogP contribution in [0.15, 0.2) is 30.5 Å². The van der Waals surface area contributed by atoms with Crippen LogP contribution >= 0.6 is 11.6 Å². The average Bonchev–Trinajstić information content (AvgIpc) is 3.08. The van der Waals surface area contributed by atoms with Gasteiger partial charge in [0.25, 0.3) is 5.91 Å². The molecule has 29 heavy (non-hydrogen) atoms. The van der Waals surface area contributed by atoms with Crippen LogP contribution in [0.1, 0.15) is 29.9 Å². The highest BCUT2D eigenvalue weighted by molar-refractivity contribution is 6.38. The number of carbonyl (C=O) groups is 1. The van der Waals surface area contributed by atoms with Crippen molar-refractivity contribution in [3.8, 4) is 11.4 Å². The molecule has 1 N–H and O–H groups in total. The maximum atomic E-state index is 12.6. The number of hydrogen-bond acceptors (Lipinski definition) is 5.